The van der Waals surface area contributed by atoms with Crippen LogP contribution in [0.2, 0.25) is 0 Å². The molecule has 0 radical (unpaired) electrons. The Labute approximate surface area is 102 Å². The molecule has 1 aromatic heterocycles. The van der Waals surface area contributed by atoms with Crippen molar-refractivity contribution >= 4 is 15.5 Å². The van der Waals surface area contributed by atoms with Crippen molar-refractivity contribution in [2.45, 2.75) is 31.4 Å². The molecule has 96 valence electrons. The Morgan fingerprint density at radius 2 is 2.06 bits per heavy atom. The molecule has 17 heavy (non-hydrogen) atoms. The lowest BCUT2D eigenvalue weighted by atomic mass is 10.2. The van der Waals surface area contributed by atoms with Gasteiger partial charge in [-0.3, -0.25) is 0 Å². The van der Waals surface area contributed by atoms with Crippen LogP contribution in [0.25, 0.3) is 0 Å². The first-order chi connectivity index (χ1) is 7.72. The van der Waals surface area contributed by atoms with Crippen LogP contribution in [-0.4, -0.2) is 31.4 Å². The molecule has 0 atom stereocenters. The average molecular weight is 258 g/mol. The van der Waals surface area contributed by atoms with Crippen LogP contribution in [-0.2, 0) is 14.6 Å². The zero-order valence-corrected chi connectivity index (χ0v) is 11.1. The highest BCUT2D eigenvalue weighted by Gasteiger charge is 2.20. The molecular weight excluding hydrogens is 240 g/mol. The Kier molecular flexibility index (Phi) is 4.11. The van der Waals surface area contributed by atoms with Gasteiger partial charge in [-0.25, -0.2) is 13.4 Å². The Morgan fingerprint density at radius 1 is 1.41 bits per heavy atom. The van der Waals surface area contributed by atoms with Crippen molar-refractivity contribution in [3.63, 3.8) is 0 Å². The van der Waals surface area contributed by atoms with Crippen LogP contribution < -0.4 is 5.73 Å². The van der Waals surface area contributed by atoms with E-state index in [1.54, 1.807) is 6.07 Å². The van der Waals surface area contributed by atoms with Gasteiger partial charge in [0.2, 0.25) is 0 Å². The molecule has 0 aliphatic heterocycles. The number of aromatic nitrogens is 1. The second-order valence-corrected chi connectivity index (χ2v) is 6.70. The molecule has 6 heteroatoms. The normalized spacial score (nSPS) is 12.6. The van der Waals surface area contributed by atoms with Gasteiger partial charge in [0.25, 0.3) is 0 Å². The minimum atomic E-state index is -3.47. The lowest BCUT2D eigenvalue weighted by Crippen LogP contribution is -2.24. The lowest BCUT2D eigenvalue weighted by Gasteiger charge is -2.19. The van der Waals surface area contributed by atoms with E-state index >= 15 is 0 Å². The Morgan fingerprint density at radius 3 is 2.59 bits per heavy atom. The zero-order valence-electron chi connectivity index (χ0n) is 10.3. The third-order valence-corrected chi connectivity index (χ3v) is 3.62. The molecule has 0 aliphatic rings. The summed E-state index contributed by atoms with van der Waals surface area (Å²) in [4.78, 5) is 3.80. The van der Waals surface area contributed by atoms with Crippen LogP contribution in [0.5, 0.6) is 0 Å². The standard InChI is InChI=1S/C11H18N2O3S/c1-11(2,3)16-7-8-17(14,15)10-9(12)5-4-6-13-10/h4-6H,7-8,12H2,1-3H3. The van der Waals surface area contributed by atoms with Gasteiger partial charge in [-0.15, -0.1) is 0 Å². The molecule has 0 bridgehead atoms. The SMILES string of the molecule is CC(C)(C)OCCS(=O)(=O)c1ncccc1N. The summed E-state index contributed by atoms with van der Waals surface area (Å²) in [5.41, 5.74) is 5.40. The minimum Gasteiger partial charge on any atom is -0.396 e. The van der Waals surface area contributed by atoms with Crippen LogP contribution in [0, 0.1) is 0 Å². The smallest absolute Gasteiger partial charge is 0.199 e. The molecule has 0 fully saturated rings. The second kappa shape index (κ2) is 5.01. The molecule has 0 amide bonds. The van der Waals surface area contributed by atoms with Crippen LogP contribution >= 0.6 is 0 Å². The molecule has 1 heterocycles. The number of nitrogens with zero attached hydrogens (tertiary/aromatic N) is 1. The predicted octanol–water partition coefficient (Wildman–Crippen LogP) is 1.25. The lowest BCUT2D eigenvalue weighted by molar-refractivity contribution is 0.00643. The molecule has 1 rings (SSSR count). The minimum absolute atomic E-state index is 0.0718. The predicted molar refractivity (Wildman–Crippen MR) is 66.4 cm³/mol. The molecule has 0 unspecified atom stereocenters. The maximum absolute atomic E-state index is 11.9. The van der Waals surface area contributed by atoms with Gasteiger partial charge in [-0.05, 0) is 32.9 Å². The summed E-state index contributed by atoms with van der Waals surface area (Å²) in [6.45, 7) is 5.74. The Balaban J connectivity index is 2.74. The van der Waals surface area contributed by atoms with E-state index in [0.717, 1.165) is 0 Å². The third-order valence-electron chi connectivity index (χ3n) is 1.98. The van der Waals surface area contributed by atoms with Crippen molar-refractivity contribution in [1.29, 1.82) is 0 Å². The number of hydrogen-bond acceptors (Lipinski definition) is 5. The van der Waals surface area contributed by atoms with Crippen molar-refractivity contribution in [2.75, 3.05) is 18.1 Å². The number of ether oxygens (including phenoxy) is 1. The topological polar surface area (TPSA) is 82.3 Å². The summed E-state index contributed by atoms with van der Waals surface area (Å²) >= 11 is 0. The van der Waals surface area contributed by atoms with Crippen molar-refractivity contribution in [2.24, 2.45) is 0 Å². The fraction of sp³-hybridized carbons (Fsp3) is 0.545. The monoisotopic (exact) mass is 258 g/mol. The summed E-state index contributed by atoms with van der Waals surface area (Å²) in [7, 11) is -3.47. The number of sulfone groups is 1. The van der Waals surface area contributed by atoms with E-state index in [-0.39, 0.29) is 28.7 Å². The highest BCUT2D eigenvalue weighted by atomic mass is 32.2. The van der Waals surface area contributed by atoms with E-state index in [1.165, 1.54) is 12.3 Å². The summed E-state index contributed by atoms with van der Waals surface area (Å²) in [5, 5.41) is -0.0718. The van der Waals surface area contributed by atoms with Crippen LogP contribution in [0.1, 0.15) is 20.8 Å². The molecule has 0 spiro atoms. The first-order valence-electron chi connectivity index (χ1n) is 5.29. The van der Waals surface area contributed by atoms with Gasteiger partial charge in [0.15, 0.2) is 14.9 Å². The quantitative estimate of drug-likeness (QED) is 0.879. The fourth-order valence-corrected chi connectivity index (χ4v) is 2.36. The summed E-state index contributed by atoms with van der Waals surface area (Å²) in [6.07, 6.45) is 1.41. The molecule has 0 aliphatic carbocycles. The number of rotatable bonds is 4. The molecular formula is C11H18N2O3S. The molecule has 0 aromatic carbocycles. The Hall–Kier alpha value is -1.14. The zero-order chi connectivity index (χ0) is 13.1. The first kappa shape index (κ1) is 13.9. The van der Waals surface area contributed by atoms with Crippen molar-refractivity contribution < 1.29 is 13.2 Å². The van der Waals surface area contributed by atoms with E-state index < -0.39 is 9.84 Å². The highest BCUT2D eigenvalue weighted by molar-refractivity contribution is 7.91. The van der Waals surface area contributed by atoms with Gasteiger partial charge in [0, 0.05) is 6.20 Å². The Bertz CT molecular complexity index is 478. The van der Waals surface area contributed by atoms with Crippen molar-refractivity contribution in [3.8, 4) is 0 Å². The number of nitrogen functional groups attached to an aromatic ring is 1. The number of anilines is 1. The maximum atomic E-state index is 11.9. The van der Waals surface area contributed by atoms with E-state index in [1.807, 2.05) is 20.8 Å². The maximum Gasteiger partial charge on any atom is 0.199 e. The highest BCUT2D eigenvalue weighted by Crippen LogP contribution is 2.16. The summed E-state index contributed by atoms with van der Waals surface area (Å²) < 4.78 is 29.2. The summed E-state index contributed by atoms with van der Waals surface area (Å²) in [6, 6.07) is 3.12. The second-order valence-electron chi connectivity index (χ2n) is 4.68. The molecule has 5 nitrogen and oxygen atoms in total. The van der Waals surface area contributed by atoms with Crippen molar-refractivity contribution in [3.05, 3.63) is 18.3 Å². The molecule has 1 aromatic rings. The first-order valence-corrected chi connectivity index (χ1v) is 6.95. The van der Waals surface area contributed by atoms with E-state index in [4.69, 9.17) is 10.5 Å². The van der Waals surface area contributed by atoms with Gasteiger partial charge in [-0.2, -0.15) is 0 Å². The average Bonchev–Trinajstić information content (AvgIpc) is 2.15. The molecule has 0 saturated heterocycles. The van der Waals surface area contributed by atoms with E-state index in [0.29, 0.717) is 0 Å². The third kappa shape index (κ3) is 4.32. The van der Waals surface area contributed by atoms with Crippen LogP contribution in [0.15, 0.2) is 23.4 Å². The largest absolute Gasteiger partial charge is 0.396 e. The van der Waals surface area contributed by atoms with Gasteiger partial charge < -0.3 is 10.5 Å². The van der Waals surface area contributed by atoms with E-state index in [2.05, 4.69) is 4.98 Å². The van der Waals surface area contributed by atoms with Crippen molar-refractivity contribution in [1.82, 2.24) is 4.98 Å². The van der Waals surface area contributed by atoms with Crippen LogP contribution in [0.3, 0.4) is 0 Å². The number of pyridine rings is 1. The molecule has 2 N–H and O–H groups in total. The van der Waals surface area contributed by atoms with E-state index in [9.17, 15) is 8.42 Å². The number of hydrogen-bond donors (Lipinski definition) is 1. The fourth-order valence-electron chi connectivity index (χ4n) is 1.22. The molecule has 0 saturated carbocycles. The van der Waals surface area contributed by atoms with Gasteiger partial charge >= 0.3 is 0 Å². The van der Waals surface area contributed by atoms with Crippen LogP contribution in [0.4, 0.5) is 5.69 Å². The van der Waals surface area contributed by atoms with Gasteiger partial charge in [0.05, 0.1) is 23.6 Å². The summed E-state index contributed by atoms with van der Waals surface area (Å²) in [5.74, 6) is -0.120. The van der Waals surface area contributed by atoms with Gasteiger partial charge in [0.1, 0.15) is 0 Å². The number of nitrogens with two attached hydrogens (primary N) is 1. The van der Waals surface area contributed by atoms with Gasteiger partial charge in [-0.1, -0.05) is 0 Å².